The van der Waals surface area contributed by atoms with Crippen molar-refractivity contribution in [3.63, 3.8) is 0 Å². The second-order valence-electron chi connectivity index (χ2n) is 6.77. The molecule has 2 fully saturated rings. The number of rotatable bonds is 5. The number of aliphatic carboxylic acids is 1. The summed E-state index contributed by atoms with van der Waals surface area (Å²) in [6.45, 7) is 4.54. The minimum Gasteiger partial charge on any atom is -0.481 e. The molecule has 1 unspecified atom stereocenters. The quantitative estimate of drug-likeness (QED) is 0.905. The van der Waals surface area contributed by atoms with Crippen molar-refractivity contribution in [3.8, 4) is 5.75 Å². The fourth-order valence-corrected chi connectivity index (χ4v) is 3.47. The van der Waals surface area contributed by atoms with Crippen LogP contribution in [0.5, 0.6) is 5.75 Å². The number of aryl methyl sites for hydroxylation is 1. The summed E-state index contributed by atoms with van der Waals surface area (Å²) in [5, 5.41) is 9.40. The molecule has 0 radical (unpaired) electrons. The van der Waals surface area contributed by atoms with E-state index in [1.54, 1.807) is 11.8 Å². The first-order valence-corrected chi connectivity index (χ1v) is 8.20. The third kappa shape index (κ3) is 3.49. The van der Waals surface area contributed by atoms with Crippen molar-refractivity contribution >= 4 is 11.9 Å². The summed E-state index contributed by atoms with van der Waals surface area (Å²) < 4.78 is 5.74. The van der Waals surface area contributed by atoms with Crippen molar-refractivity contribution in [1.29, 1.82) is 0 Å². The molecule has 1 aromatic rings. The highest BCUT2D eigenvalue weighted by Crippen LogP contribution is 2.44. The molecule has 23 heavy (non-hydrogen) atoms. The Balaban J connectivity index is 1.64. The lowest BCUT2D eigenvalue weighted by atomic mass is 9.92. The molecular formula is C18H23NO4. The van der Waals surface area contributed by atoms with Crippen LogP contribution in [0.1, 0.15) is 25.3 Å². The molecule has 1 N–H and O–H groups in total. The van der Waals surface area contributed by atoms with Crippen LogP contribution in [0.2, 0.25) is 0 Å². The zero-order valence-electron chi connectivity index (χ0n) is 13.6. The predicted octanol–water partition coefficient (Wildman–Crippen LogP) is 2.33. The first kappa shape index (κ1) is 15.8. The summed E-state index contributed by atoms with van der Waals surface area (Å²) in [6, 6.07) is 7.58. The number of carboxylic acids is 1. The molecule has 1 heterocycles. The van der Waals surface area contributed by atoms with Gasteiger partial charge in [0.2, 0.25) is 0 Å². The van der Waals surface area contributed by atoms with E-state index in [1.165, 1.54) is 0 Å². The van der Waals surface area contributed by atoms with Gasteiger partial charge in [-0.2, -0.15) is 0 Å². The second-order valence-corrected chi connectivity index (χ2v) is 6.77. The number of hydrogen-bond acceptors (Lipinski definition) is 3. The van der Waals surface area contributed by atoms with E-state index in [4.69, 9.17) is 4.74 Å². The van der Waals surface area contributed by atoms with Gasteiger partial charge in [0.1, 0.15) is 5.75 Å². The fourth-order valence-electron chi connectivity index (χ4n) is 3.47. The van der Waals surface area contributed by atoms with Crippen LogP contribution in [0.15, 0.2) is 24.3 Å². The maximum absolute atomic E-state index is 12.6. The zero-order chi connectivity index (χ0) is 16.6. The standard InChI is InChI=1S/C18H23NO4/c1-11-4-3-5-14(8-11)23-12(2)17(20)19-9-15(13-6-7-13)16(10-19)18(21)22/h3-5,8,12-13,15-16H,6-7,9-10H2,1-2H3,(H,21,22)/t12?,15-,16+/m1/s1. The average Bonchev–Trinajstić information content (AvgIpc) is 3.24. The molecule has 5 heteroatoms. The van der Waals surface area contributed by atoms with E-state index >= 15 is 0 Å². The van der Waals surface area contributed by atoms with E-state index in [2.05, 4.69) is 0 Å². The Morgan fingerprint density at radius 3 is 2.65 bits per heavy atom. The Bertz CT molecular complexity index is 611. The van der Waals surface area contributed by atoms with Gasteiger partial charge in [0.25, 0.3) is 5.91 Å². The van der Waals surface area contributed by atoms with E-state index in [0.29, 0.717) is 24.8 Å². The van der Waals surface area contributed by atoms with Crippen LogP contribution in [0.3, 0.4) is 0 Å². The number of carbonyl (C=O) groups excluding carboxylic acids is 1. The van der Waals surface area contributed by atoms with Gasteiger partial charge in [0, 0.05) is 13.1 Å². The van der Waals surface area contributed by atoms with Crippen LogP contribution in [0, 0.1) is 24.7 Å². The van der Waals surface area contributed by atoms with Crippen LogP contribution in [-0.4, -0.2) is 41.1 Å². The lowest BCUT2D eigenvalue weighted by molar-refractivity contribution is -0.143. The van der Waals surface area contributed by atoms with E-state index < -0.39 is 18.0 Å². The lowest BCUT2D eigenvalue weighted by Crippen LogP contribution is -2.39. The summed E-state index contributed by atoms with van der Waals surface area (Å²) in [4.78, 5) is 25.7. The molecule has 5 nitrogen and oxygen atoms in total. The Morgan fingerprint density at radius 2 is 2.04 bits per heavy atom. The topological polar surface area (TPSA) is 66.8 Å². The van der Waals surface area contributed by atoms with Gasteiger partial charge in [0.15, 0.2) is 6.10 Å². The number of nitrogens with zero attached hydrogens (tertiary/aromatic N) is 1. The Kier molecular flexibility index (Phi) is 4.28. The molecule has 1 aliphatic heterocycles. The minimum atomic E-state index is -0.788. The number of carbonyl (C=O) groups is 2. The van der Waals surface area contributed by atoms with E-state index in [9.17, 15) is 14.7 Å². The first-order chi connectivity index (χ1) is 11.0. The summed E-state index contributed by atoms with van der Waals surface area (Å²) in [6.07, 6.45) is 1.57. The lowest BCUT2D eigenvalue weighted by Gasteiger charge is -2.22. The Hall–Kier alpha value is -2.04. The Labute approximate surface area is 136 Å². The van der Waals surface area contributed by atoms with Gasteiger partial charge in [0.05, 0.1) is 5.92 Å². The van der Waals surface area contributed by atoms with Crippen LogP contribution in [-0.2, 0) is 9.59 Å². The van der Waals surface area contributed by atoms with Gasteiger partial charge in [-0.25, -0.2) is 0 Å². The average molecular weight is 317 g/mol. The zero-order valence-corrected chi connectivity index (χ0v) is 13.6. The minimum absolute atomic E-state index is 0.0996. The highest BCUT2D eigenvalue weighted by molar-refractivity contribution is 5.82. The molecule has 124 valence electrons. The third-order valence-electron chi connectivity index (χ3n) is 4.87. The molecule has 3 atom stereocenters. The van der Waals surface area contributed by atoms with Crippen molar-refractivity contribution < 1.29 is 19.4 Å². The molecule has 2 aliphatic rings. The molecule has 1 aromatic carbocycles. The smallest absolute Gasteiger partial charge is 0.308 e. The molecule has 1 amide bonds. The van der Waals surface area contributed by atoms with Gasteiger partial charge >= 0.3 is 5.97 Å². The van der Waals surface area contributed by atoms with Crippen molar-refractivity contribution in [2.24, 2.45) is 17.8 Å². The van der Waals surface area contributed by atoms with Crippen molar-refractivity contribution in [2.45, 2.75) is 32.8 Å². The van der Waals surface area contributed by atoms with Crippen molar-refractivity contribution in [2.75, 3.05) is 13.1 Å². The second kappa shape index (κ2) is 6.22. The maximum Gasteiger partial charge on any atom is 0.308 e. The molecule has 0 spiro atoms. The van der Waals surface area contributed by atoms with Crippen LogP contribution in [0.4, 0.5) is 0 Å². The monoisotopic (exact) mass is 317 g/mol. The number of hydrogen-bond donors (Lipinski definition) is 1. The molecule has 3 rings (SSSR count). The molecule has 1 aliphatic carbocycles. The van der Waals surface area contributed by atoms with Gasteiger partial charge < -0.3 is 14.7 Å². The van der Waals surface area contributed by atoms with Crippen molar-refractivity contribution in [3.05, 3.63) is 29.8 Å². The Morgan fingerprint density at radius 1 is 1.30 bits per heavy atom. The molecule has 0 bridgehead atoms. The maximum atomic E-state index is 12.6. The third-order valence-corrected chi connectivity index (χ3v) is 4.87. The predicted molar refractivity (Wildman–Crippen MR) is 85.2 cm³/mol. The summed E-state index contributed by atoms with van der Waals surface area (Å²) in [5.74, 6) is -0.105. The van der Waals surface area contributed by atoms with Crippen molar-refractivity contribution in [1.82, 2.24) is 4.90 Å². The number of likely N-dealkylation sites (tertiary alicyclic amines) is 1. The number of benzene rings is 1. The molecule has 1 saturated carbocycles. The number of carboxylic acid groups (broad SMARTS) is 1. The molecular weight excluding hydrogens is 294 g/mol. The van der Waals surface area contributed by atoms with Crippen LogP contribution in [0.25, 0.3) is 0 Å². The SMILES string of the molecule is Cc1cccc(OC(C)C(=O)N2C[C@H](C(=O)O)[C@@H](C3CC3)C2)c1. The molecule has 0 aromatic heterocycles. The summed E-state index contributed by atoms with van der Waals surface area (Å²) in [7, 11) is 0. The molecule has 1 saturated heterocycles. The van der Waals surface area contributed by atoms with E-state index in [0.717, 1.165) is 18.4 Å². The van der Waals surface area contributed by atoms with Gasteiger partial charge in [-0.1, -0.05) is 12.1 Å². The van der Waals surface area contributed by atoms with E-state index in [1.807, 2.05) is 31.2 Å². The fraction of sp³-hybridized carbons (Fsp3) is 0.556. The largest absolute Gasteiger partial charge is 0.481 e. The normalized spacial score (nSPS) is 25.2. The van der Waals surface area contributed by atoms with Gasteiger partial charge in [-0.3, -0.25) is 9.59 Å². The van der Waals surface area contributed by atoms with E-state index in [-0.39, 0.29) is 11.8 Å². The summed E-state index contributed by atoms with van der Waals surface area (Å²) >= 11 is 0. The number of amides is 1. The summed E-state index contributed by atoms with van der Waals surface area (Å²) in [5.41, 5.74) is 1.07. The number of ether oxygens (including phenoxy) is 1. The highest BCUT2D eigenvalue weighted by atomic mass is 16.5. The van der Waals surface area contributed by atoms with Gasteiger partial charge in [-0.05, 0) is 56.2 Å². The van der Waals surface area contributed by atoms with Crippen LogP contribution < -0.4 is 4.74 Å². The van der Waals surface area contributed by atoms with Gasteiger partial charge in [-0.15, -0.1) is 0 Å². The highest BCUT2D eigenvalue weighted by Gasteiger charge is 2.47. The first-order valence-electron chi connectivity index (χ1n) is 8.20. The van der Waals surface area contributed by atoms with Crippen LogP contribution >= 0.6 is 0 Å².